The highest BCUT2D eigenvalue weighted by molar-refractivity contribution is 7.45. The average molecular weight is 739 g/mol. The number of rotatable bonds is 36. The summed E-state index contributed by atoms with van der Waals surface area (Å²) >= 11 is 0. The standard InChI is InChI=1S/C42H79N2O6P/c1-6-8-10-12-14-16-18-20-21-22-24-26-28-30-32-34-36-42(46)43-40(39-50-51(47,48)49-38-37-44(3,4)5)41(45)35-33-31-29-27-25-23-19-17-15-13-11-9-7-2/h16,18,21-22,25,27,33,35,40-41,45H,6-15,17,19-20,23-24,26,28-32,34,36-39H2,1-5H3,(H-,43,46,47,48)/b18-16-,22-21-,27-25+,35-33+. The second-order valence-corrected chi connectivity index (χ2v) is 16.4. The summed E-state index contributed by atoms with van der Waals surface area (Å²) in [5.74, 6) is -0.225. The fourth-order valence-corrected chi connectivity index (χ4v) is 6.15. The number of phosphoric ester groups is 1. The number of nitrogens with one attached hydrogen (secondary N) is 1. The lowest BCUT2D eigenvalue weighted by Crippen LogP contribution is -2.45. The van der Waals surface area contributed by atoms with E-state index in [1.807, 2.05) is 27.2 Å². The molecule has 0 bridgehead atoms. The molecule has 51 heavy (non-hydrogen) atoms. The zero-order chi connectivity index (χ0) is 37.9. The van der Waals surface area contributed by atoms with E-state index in [0.717, 1.165) is 64.2 Å². The molecule has 8 nitrogen and oxygen atoms in total. The molecule has 0 heterocycles. The molecule has 0 aliphatic rings. The Kier molecular flexibility index (Phi) is 33.2. The van der Waals surface area contributed by atoms with Crippen molar-refractivity contribution < 1.29 is 32.9 Å². The molecule has 2 N–H and O–H groups in total. The number of aliphatic hydroxyl groups is 1. The van der Waals surface area contributed by atoms with E-state index in [4.69, 9.17) is 9.05 Å². The maximum absolute atomic E-state index is 12.8. The van der Waals surface area contributed by atoms with Crippen LogP contribution in [-0.4, -0.2) is 68.5 Å². The van der Waals surface area contributed by atoms with Crippen LogP contribution in [0.1, 0.15) is 162 Å². The van der Waals surface area contributed by atoms with Crippen molar-refractivity contribution in [2.24, 2.45) is 0 Å². The zero-order valence-electron chi connectivity index (χ0n) is 33.5. The van der Waals surface area contributed by atoms with Crippen molar-refractivity contribution in [1.29, 1.82) is 0 Å². The average Bonchev–Trinajstić information content (AvgIpc) is 3.07. The Morgan fingerprint density at radius 1 is 0.686 bits per heavy atom. The largest absolute Gasteiger partial charge is 0.756 e. The Hall–Kier alpha value is -1.54. The van der Waals surface area contributed by atoms with Gasteiger partial charge < -0.3 is 28.8 Å². The van der Waals surface area contributed by atoms with Gasteiger partial charge in [-0.15, -0.1) is 0 Å². The van der Waals surface area contributed by atoms with Crippen LogP contribution >= 0.6 is 7.82 Å². The Balaban J connectivity index is 4.57. The molecule has 3 unspecified atom stereocenters. The van der Waals surface area contributed by atoms with Crippen LogP contribution in [0.25, 0.3) is 0 Å². The van der Waals surface area contributed by atoms with Gasteiger partial charge in [-0.3, -0.25) is 9.36 Å². The minimum absolute atomic E-state index is 0.0108. The SMILES string of the molecule is CCCCCC/C=C\C/C=C\CCCCCCCC(=O)NC(COP(=O)([O-])OCC[N+](C)(C)C)C(O)/C=C/CC/C=C/CCCCCCCCC. The lowest BCUT2D eigenvalue weighted by atomic mass is 10.1. The molecule has 0 aliphatic carbocycles. The van der Waals surface area contributed by atoms with E-state index in [-0.39, 0.29) is 12.5 Å². The first kappa shape index (κ1) is 49.5. The molecule has 9 heteroatoms. The van der Waals surface area contributed by atoms with Gasteiger partial charge in [0.1, 0.15) is 13.2 Å². The maximum Gasteiger partial charge on any atom is 0.268 e. The first-order valence-corrected chi connectivity index (χ1v) is 22.0. The number of hydrogen-bond acceptors (Lipinski definition) is 6. The van der Waals surface area contributed by atoms with E-state index in [2.05, 4.69) is 55.6 Å². The number of phosphoric acid groups is 1. The van der Waals surface area contributed by atoms with Gasteiger partial charge in [0.25, 0.3) is 7.82 Å². The minimum Gasteiger partial charge on any atom is -0.756 e. The highest BCUT2D eigenvalue weighted by atomic mass is 31.2. The van der Waals surface area contributed by atoms with Crippen molar-refractivity contribution >= 4 is 13.7 Å². The number of carbonyl (C=O) groups excluding carboxylic acids is 1. The van der Waals surface area contributed by atoms with Crippen molar-refractivity contribution in [2.45, 2.75) is 174 Å². The second kappa shape index (κ2) is 34.2. The molecule has 0 aromatic heterocycles. The number of aliphatic hydroxyl groups excluding tert-OH is 1. The van der Waals surface area contributed by atoms with E-state index in [0.29, 0.717) is 17.4 Å². The number of carbonyl (C=O) groups is 1. The number of quaternary nitrogens is 1. The number of amides is 1. The lowest BCUT2D eigenvalue weighted by molar-refractivity contribution is -0.870. The molecule has 0 radical (unpaired) electrons. The van der Waals surface area contributed by atoms with E-state index < -0.39 is 26.6 Å². The van der Waals surface area contributed by atoms with Crippen molar-refractivity contribution in [3.63, 3.8) is 0 Å². The van der Waals surface area contributed by atoms with Crippen LogP contribution < -0.4 is 10.2 Å². The van der Waals surface area contributed by atoms with Crippen LogP contribution in [-0.2, 0) is 18.4 Å². The molecule has 0 aromatic rings. The number of unbranched alkanes of at least 4 members (excludes halogenated alkanes) is 17. The number of likely N-dealkylation sites (N-methyl/N-ethyl adjacent to an activating group) is 1. The van der Waals surface area contributed by atoms with Crippen molar-refractivity contribution in [2.75, 3.05) is 40.9 Å². The third-order valence-electron chi connectivity index (χ3n) is 8.76. The topological polar surface area (TPSA) is 108 Å². The Bertz CT molecular complexity index is 975. The monoisotopic (exact) mass is 739 g/mol. The number of hydrogen-bond donors (Lipinski definition) is 2. The minimum atomic E-state index is -4.59. The molecule has 1 amide bonds. The first-order valence-electron chi connectivity index (χ1n) is 20.5. The predicted octanol–water partition coefficient (Wildman–Crippen LogP) is 10.3. The molecular formula is C42H79N2O6P. The summed E-state index contributed by atoms with van der Waals surface area (Å²) in [6.07, 6.45) is 41.5. The second-order valence-electron chi connectivity index (χ2n) is 15.0. The summed E-state index contributed by atoms with van der Waals surface area (Å²) in [5, 5.41) is 13.7. The maximum atomic E-state index is 12.8. The van der Waals surface area contributed by atoms with Gasteiger partial charge in [-0.1, -0.05) is 140 Å². The van der Waals surface area contributed by atoms with Crippen LogP contribution in [0, 0.1) is 0 Å². The first-order chi connectivity index (χ1) is 24.5. The summed E-state index contributed by atoms with van der Waals surface area (Å²) in [7, 11) is 1.22. The molecule has 0 aliphatic heterocycles. The molecule has 0 spiro atoms. The smallest absolute Gasteiger partial charge is 0.268 e. The third-order valence-corrected chi connectivity index (χ3v) is 9.73. The Morgan fingerprint density at radius 2 is 1.16 bits per heavy atom. The summed E-state index contributed by atoms with van der Waals surface area (Å²) in [6.45, 7) is 4.56. The van der Waals surface area contributed by atoms with Crippen molar-refractivity contribution in [3.8, 4) is 0 Å². The fourth-order valence-electron chi connectivity index (χ4n) is 5.43. The summed E-state index contributed by atoms with van der Waals surface area (Å²) in [4.78, 5) is 25.2. The summed E-state index contributed by atoms with van der Waals surface area (Å²) in [6, 6.07) is -0.909. The quantitative estimate of drug-likeness (QED) is 0.0287. The van der Waals surface area contributed by atoms with Gasteiger partial charge in [-0.25, -0.2) is 0 Å². The number of allylic oxidation sites excluding steroid dienone is 7. The van der Waals surface area contributed by atoms with E-state index in [9.17, 15) is 19.4 Å². The van der Waals surface area contributed by atoms with Gasteiger partial charge in [-0.2, -0.15) is 0 Å². The molecule has 3 atom stereocenters. The molecule has 298 valence electrons. The normalized spacial score (nSPS) is 15.0. The summed E-state index contributed by atoms with van der Waals surface area (Å²) < 4.78 is 23.1. The Morgan fingerprint density at radius 3 is 1.73 bits per heavy atom. The molecular weight excluding hydrogens is 659 g/mol. The van der Waals surface area contributed by atoms with Crippen molar-refractivity contribution in [1.82, 2.24) is 5.32 Å². The van der Waals surface area contributed by atoms with Crippen LogP contribution in [0.3, 0.4) is 0 Å². The van der Waals surface area contributed by atoms with Gasteiger partial charge in [-0.05, 0) is 64.2 Å². The van der Waals surface area contributed by atoms with E-state index in [1.54, 1.807) is 6.08 Å². The van der Waals surface area contributed by atoms with Crippen LogP contribution in [0.15, 0.2) is 48.6 Å². The van der Waals surface area contributed by atoms with E-state index in [1.165, 1.54) is 77.0 Å². The Labute approximate surface area is 314 Å². The molecule has 0 fully saturated rings. The van der Waals surface area contributed by atoms with Crippen LogP contribution in [0.2, 0.25) is 0 Å². The fraction of sp³-hybridized carbons (Fsp3) is 0.786. The van der Waals surface area contributed by atoms with E-state index >= 15 is 0 Å². The molecule has 0 rings (SSSR count). The molecule has 0 saturated carbocycles. The van der Waals surface area contributed by atoms with Gasteiger partial charge in [0, 0.05) is 6.42 Å². The highest BCUT2D eigenvalue weighted by Gasteiger charge is 2.23. The predicted molar refractivity (Wildman–Crippen MR) is 214 cm³/mol. The van der Waals surface area contributed by atoms with Gasteiger partial charge in [0.2, 0.25) is 5.91 Å². The molecule has 0 saturated heterocycles. The molecule has 0 aromatic carbocycles. The highest BCUT2D eigenvalue weighted by Crippen LogP contribution is 2.38. The number of nitrogens with zero attached hydrogens (tertiary/aromatic N) is 1. The lowest BCUT2D eigenvalue weighted by Gasteiger charge is -2.29. The van der Waals surface area contributed by atoms with Crippen LogP contribution in [0.5, 0.6) is 0 Å². The van der Waals surface area contributed by atoms with Crippen molar-refractivity contribution in [3.05, 3.63) is 48.6 Å². The van der Waals surface area contributed by atoms with Gasteiger partial charge >= 0.3 is 0 Å². The zero-order valence-corrected chi connectivity index (χ0v) is 34.4. The van der Waals surface area contributed by atoms with Crippen LogP contribution in [0.4, 0.5) is 0 Å². The third kappa shape index (κ3) is 36.6. The summed E-state index contributed by atoms with van der Waals surface area (Å²) in [5.41, 5.74) is 0. The van der Waals surface area contributed by atoms with Gasteiger partial charge in [0.15, 0.2) is 0 Å². The van der Waals surface area contributed by atoms with Gasteiger partial charge in [0.05, 0.1) is 39.9 Å².